The molecule has 216 valence electrons. The van der Waals surface area contributed by atoms with Gasteiger partial charge in [0, 0.05) is 44.1 Å². The van der Waals surface area contributed by atoms with Gasteiger partial charge in [0.1, 0.15) is 0 Å². The van der Waals surface area contributed by atoms with Crippen LogP contribution in [0.1, 0.15) is 97.6 Å². The number of hydrogen-bond acceptors (Lipinski definition) is 1. The van der Waals surface area contributed by atoms with Gasteiger partial charge in [-0.05, 0) is 79.1 Å². The summed E-state index contributed by atoms with van der Waals surface area (Å²) in [6.07, 6.45) is 0. The zero-order chi connectivity index (χ0) is 60.5. The molecule has 0 bridgehead atoms. The molecule has 1 heteroatoms. The van der Waals surface area contributed by atoms with E-state index in [1.165, 1.54) is 0 Å². The molecule has 0 aromatic heterocycles. The van der Waals surface area contributed by atoms with Gasteiger partial charge < -0.3 is 4.90 Å². The van der Waals surface area contributed by atoms with E-state index >= 15 is 0 Å². The van der Waals surface area contributed by atoms with Gasteiger partial charge in [-0.2, -0.15) is 0 Å². The molecule has 0 saturated carbocycles. The molecule has 0 spiro atoms. The lowest BCUT2D eigenvalue weighted by atomic mass is 9.82. The monoisotopic (exact) mass is 612 g/mol. The summed E-state index contributed by atoms with van der Waals surface area (Å²) in [6.45, 7) is -16.4. The predicted octanol–water partition coefficient (Wildman–Crippen LogP) is 12.1. The first-order chi connectivity index (χ1) is 36.4. The maximum atomic E-state index is 10.1. The second kappa shape index (κ2) is 9.19. The fraction of sp³-hybridized carbons (Fsp3) is 0.136. The summed E-state index contributed by atoms with van der Waals surface area (Å²) in [4.78, 5) is 0.174. The molecule has 45 heavy (non-hydrogen) atoms. The Morgan fingerprint density at radius 2 is 0.978 bits per heavy atom. The topological polar surface area (TPSA) is 3.24 Å². The summed E-state index contributed by atoms with van der Waals surface area (Å²) in [6, 6.07) is -29.4. The maximum absolute atomic E-state index is 10.1. The fourth-order valence-electron chi connectivity index (χ4n) is 5.83. The minimum Gasteiger partial charge on any atom is -0.309 e. The van der Waals surface area contributed by atoms with Crippen LogP contribution in [0.5, 0.6) is 0 Å². The van der Waals surface area contributed by atoms with Crippen molar-refractivity contribution in [3.05, 3.63) is 161 Å². The SMILES string of the molecule is [2H]c1c([2H])c([2H])c2c(c1[2H])-c1c(N(c3c([2H])c([2H])c([2H])c4c3-c3c([2H])c([2H])c([2H])c([2H])c3C4(C([2H])([2H])[2H])C([2H])([2H])[2H])c3c([2H])c([2H])c4c(c3[2H])c([2H])c([2H])c3c([2H])c([2H])c([2H])c([2H])c34)c([2H])c([2H])c([2H])c1C2(C([2H])([2H])[2H])C([2H])([2H])[2H]. The molecule has 0 unspecified atom stereocenters. The van der Waals surface area contributed by atoms with Crippen LogP contribution >= 0.6 is 0 Å². The third-order valence-electron chi connectivity index (χ3n) is 7.81. The first kappa shape index (κ1) is 8.77. The Morgan fingerprint density at radius 3 is 1.60 bits per heavy atom. The Hall–Kier alpha value is -5.14. The smallest absolute Gasteiger partial charge is 0.0651 e. The van der Waals surface area contributed by atoms with Crippen molar-refractivity contribution in [1.82, 2.24) is 0 Å². The molecule has 0 saturated heterocycles. The molecule has 0 heterocycles. The van der Waals surface area contributed by atoms with Crippen LogP contribution < -0.4 is 4.90 Å². The lowest BCUT2D eigenvalue weighted by molar-refractivity contribution is 0.660. The molecule has 0 N–H and O–H groups in total. The first-order valence-electron chi connectivity index (χ1n) is 30.7. The summed E-state index contributed by atoms with van der Waals surface area (Å²) in [7, 11) is 0. The van der Waals surface area contributed by atoms with Crippen LogP contribution in [0.25, 0.3) is 43.8 Å². The molecule has 7 aromatic rings. The number of benzene rings is 7. The van der Waals surface area contributed by atoms with Crippen LogP contribution in [0, 0.1) is 0 Å². The fourth-order valence-corrected chi connectivity index (χ4v) is 5.83. The van der Waals surface area contributed by atoms with Crippen molar-refractivity contribution in [3.63, 3.8) is 0 Å². The van der Waals surface area contributed by atoms with E-state index in [0.29, 0.717) is 0 Å². The third kappa shape index (κ3) is 3.56. The molecule has 0 aliphatic heterocycles. The molecule has 9 rings (SSSR count). The van der Waals surface area contributed by atoms with E-state index in [-0.39, 0.29) is 4.90 Å². The third-order valence-corrected chi connectivity index (χ3v) is 7.81. The van der Waals surface area contributed by atoms with E-state index in [0.717, 1.165) is 0 Å². The molecular weight excluding hydrogens is 542 g/mol. The van der Waals surface area contributed by atoms with Gasteiger partial charge in [0.2, 0.25) is 0 Å². The zero-order valence-electron chi connectivity index (χ0n) is 57.4. The maximum Gasteiger partial charge on any atom is 0.0651 e. The molecular formula is C44H35N. The minimum atomic E-state index is -4.10. The van der Waals surface area contributed by atoms with Gasteiger partial charge in [0.15, 0.2) is 0 Å². The quantitative estimate of drug-likeness (QED) is 0.179. The normalized spacial score (nSPS) is 27.2. The second-order valence-electron chi connectivity index (χ2n) is 10.3. The van der Waals surface area contributed by atoms with Gasteiger partial charge in [-0.1, -0.05) is 142 Å². The van der Waals surface area contributed by atoms with E-state index in [1.54, 1.807) is 0 Å². The van der Waals surface area contributed by atoms with Crippen LogP contribution in [-0.2, 0) is 10.8 Å². The summed E-state index contributed by atoms with van der Waals surface area (Å²) in [5, 5.41) is -3.24. The Labute approximate surface area is 314 Å². The number of rotatable bonds is 3. The van der Waals surface area contributed by atoms with Crippen molar-refractivity contribution in [2.24, 2.45) is 0 Å². The average Bonchev–Trinajstić information content (AvgIpc) is 4.04. The van der Waals surface area contributed by atoms with Crippen molar-refractivity contribution in [2.45, 2.75) is 38.2 Å². The number of anilines is 3. The summed E-state index contributed by atoms with van der Waals surface area (Å²) >= 11 is 0. The van der Waals surface area contributed by atoms with Crippen LogP contribution in [0.15, 0.2) is 139 Å². The highest BCUT2D eigenvalue weighted by atomic mass is 15.1. The Balaban J connectivity index is 1.72. The largest absolute Gasteiger partial charge is 0.309 e. The highest BCUT2D eigenvalue weighted by Gasteiger charge is 2.40. The van der Waals surface area contributed by atoms with Crippen LogP contribution in [0.3, 0.4) is 0 Å². The first-order valence-corrected chi connectivity index (χ1v) is 13.2. The summed E-state index contributed by atoms with van der Waals surface area (Å²) in [5.41, 5.74) is -22.2. The van der Waals surface area contributed by atoms with Crippen molar-refractivity contribution in [3.8, 4) is 22.3 Å². The van der Waals surface area contributed by atoms with Gasteiger partial charge in [-0.15, -0.1) is 0 Å². The van der Waals surface area contributed by atoms with Gasteiger partial charge in [0.25, 0.3) is 0 Å². The lowest BCUT2D eigenvalue weighted by Gasteiger charge is -2.31. The average molecular weight is 613 g/mol. The van der Waals surface area contributed by atoms with Gasteiger partial charge in [-0.25, -0.2) is 0 Å². The van der Waals surface area contributed by atoms with Crippen molar-refractivity contribution in [2.75, 3.05) is 4.90 Å². The van der Waals surface area contributed by atoms with E-state index < -0.39 is 260 Å². The molecule has 2 aliphatic carbocycles. The number of hydrogen-bond donors (Lipinski definition) is 0. The zero-order valence-corrected chi connectivity index (χ0v) is 22.4. The summed E-state index contributed by atoms with van der Waals surface area (Å²) in [5.74, 6) is 0. The Kier molecular flexibility index (Phi) is 1.79. The van der Waals surface area contributed by atoms with E-state index in [2.05, 4.69) is 0 Å². The molecule has 0 amide bonds. The number of fused-ring (bicyclic) bond motifs is 9. The molecule has 0 fully saturated rings. The standard InChI is InChI=1S/C44H35N/c1-43(2)35-17-9-7-15-33(35)41-37(43)19-11-21-39(41)45(30-25-26-32-29(27-30)24-23-28-13-5-6-14-31(28)32)40-22-12-20-38-42(40)34-16-8-10-18-36(34)44(38,3)4/h5-27H,1-4H3/i1D3,2D3,3D3,4D3,5D,6D,7D,8D,9D,10D,11D,12D,13D,14D,15D,16D,17D,18D,19D,20D,21D,22D,23D,24D,25D,26D,27D. The molecule has 1 nitrogen and oxygen atoms in total. The van der Waals surface area contributed by atoms with Crippen molar-refractivity contribution in [1.29, 1.82) is 0 Å². The van der Waals surface area contributed by atoms with Crippen LogP contribution in [0.4, 0.5) is 17.1 Å². The molecule has 0 radical (unpaired) electrons. The Morgan fingerprint density at radius 1 is 0.467 bits per heavy atom. The molecule has 0 atom stereocenters. The lowest BCUT2D eigenvalue weighted by Crippen LogP contribution is -2.17. The number of nitrogens with zero attached hydrogens (tertiary/aromatic N) is 1. The van der Waals surface area contributed by atoms with Gasteiger partial charge in [0.05, 0.1) is 42.9 Å². The van der Waals surface area contributed by atoms with Crippen molar-refractivity contribution < 1.29 is 48.0 Å². The summed E-state index contributed by atoms with van der Waals surface area (Å²) < 4.78 is 319. The van der Waals surface area contributed by atoms with E-state index in [9.17, 15) is 16.4 Å². The van der Waals surface area contributed by atoms with Crippen LogP contribution in [-0.4, -0.2) is 0 Å². The van der Waals surface area contributed by atoms with Gasteiger partial charge in [-0.3, -0.25) is 0 Å². The molecule has 7 aromatic carbocycles. The highest BCUT2D eigenvalue weighted by Crippen LogP contribution is 2.58. The van der Waals surface area contributed by atoms with Gasteiger partial charge >= 0.3 is 0 Å². The molecule has 2 aliphatic rings. The minimum absolute atomic E-state index is 0.174. The Bertz CT molecular complexity index is 3850. The van der Waals surface area contributed by atoms with E-state index in [1.807, 2.05) is 0 Å². The van der Waals surface area contributed by atoms with Crippen LogP contribution in [0.2, 0.25) is 0 Å². The van der Waals surface area contributed by atoms with Crippen molar-refractivity contribution >= 4 is 38.6 Å². The second-order valence-corrected chi connectivity index (χ2v) is 10.3. The predicted molar refractivity (Wildman–Crippen MR) is 191 cm³/mol. The van der Waals surface area contributed by atoms with E-state index in [4.69, 9.17) is 31.5 Å². The highest BCUT2D eigenvalue weighted by molar-refractivity contribution is 6.09.